The van der Waals surface area contributed by atoms with Gasteiger partial charge in [-0.15, -0.1) is 0 Å². The van der Waals surface area contributed by atoms with Gasteiger partial charge in [0.1, 0.15) is 5.75 Å². The van der Waals surface area contributed by atoms with Crippen LogP contribution in [-0.4, -0.2) is 7.11 Å². The molecule has 0 spiro atoms. The fraction of sp³-hybridized carbons (Fsp3) is 0.222. The second-order valence-corrected chi connectivity index (χ2v) is 2.06. The maximum Gasteiger partial charge on any atom is 0.122 e. The third-order valence-corrected chi connectivity index (χ3v) is 1.46. The number of halogens is 1. The maximum absolute atomic E-state index is 5.10. The molecule has 63 valence electrons. The minimum atomic E-state index is 0. The number of benzene rings is 1. The van der Waals surface area contributed by atoms with Gasteiger partial charge in [0.25, 0.3) is 0 Å². The predicted molar refractivity (Wildman–Crippen MR) is 42.1 cm³/mol. The summed E-state index contributed by atoms with van der Waals surface area (Å²) in [6.45, 7) is 3.78. The fourth-order valence-electron chi connectivity index (χ4n) is 0.910. The minimum Gasteiger partial charge on any atom is -1.00 e. The van der Waals surface area contributed by atoms with E-state index in [1.807, 2.05) is 24.3 Å². The number of para-hydroxylation sites is 1. The van der Waals surface area contributed by atoms with Crippen molar-refractivity contribution in [2.45, 2.75) is 6.42 Å². The topological polar surface area (TPSA) is 9.23 Å². The van der Waals surface area contributed by atoms with Crippen LogP contribution in [0.3, 0.4) is 0 Å². The molecular weight excluding hydrogens is 269 g/mol. The fourth-order valence-corrected chi connectivity index (χ4v) is 0.910. The first-order chi connectivity index (χ1) is 4.88. The Bertz CT molecular complexity index is 192. The van der Waals surface area contributed by atoms with Gasteiger partial charge < -0.3 is 21.7 Å². The Labute approximate surface area is 97.0 Å². The van der Waals surface area contributed by atoms with E-state index >= 15 is 0 Å². The van der Waals surface area contributed by atoms with Gasteiger partial charge in [0, 0.05) is 19.5 Å². The molecular formula is C9H11BrOZn-. The molecule has 0 bridgehead atoms. The van der Waals surface area contributed by atoms with E-state index in [1.165, 1.54) is 0 Å². The van der Waals surface area contributed by atoms with E-state index in [-0.39, 0.29) is 36.5 Å². The Morgan fingerprint density at radius 3 is 2.33 bits per heavy atom. The summed E-state index contributed by atoms with van der Waals surface area (Å²) in [6, 6.07) is 7.91. The van der Waals surface area contributed by atoms with Gasteiger partial charge in [0.05, 0.1) is 7.11 Å². The summed E-state index contributed by atoms with van der Waals surface area (Å²) >= 11 is 0. The molecule has 0 aliphatic carbocycles. The summed E-state index contributed by atoms with van der Waals surface area (Å²) in [4.78, 5) is 0. The standard InChI is InChI=1S/C9H11O.BrH.Zn/c1-3-8-6-4-5-7-9(8)10-2;;/h4-7H,1,3H2,2H3;1H;/p-1. The summed E-state index contributed by atoms with van der Waals surface area (Å²) in [5, 5.41) is 0. The molecule has 0 saturated carbocycles. The molecule has 0 amide bonds. The smallest absolute Gasteiger partial charge is 0.122 e. The third kappa shape index (κ3) is 3.68. The van der Waals surface area contributed by atoms with Crippen molar-refractivity contribution < 1.29 is 41.2 Å². The Kier molecular flexibility index (Phi) is 9.46. The summed E-state index contributed by atoms with van der Waals surface area (Å²) in [7, 11) is 1.68. The van der Waals surface area contributed by atoms with Crippen molar-refractivity contribution in [1.82, 2.24) is 0 Å². The van der Waals surface area contributed by atoms with E-state index in [9.17, 15) is 0 Å². The second-order valence-electron chi connectivity index (χ2n) is 2.06. The predicted octanol–water partition coefficient (Wildman–Crippen LogP) is -0.927. The van der Waals surface area contributed by atoms with Gasteiger partial charge in [-0.1, -0.05) is 18.2 Å². The van der Waals surface area contributed by atoms with E-state index < -0.39 is 0 Å². The molecule has 1 aromatic rings. The molecule has 0 unspecified atom stereocenters. The van der Waals surface area contributed by atoms with Crippen molar-refractivity contribution in [3.8, 4) is 5.75 Å². The minimum absolute atomic E-state index is 0. The molecule has 0 aromatic heterocycles. The molecule has 1 nitrogen and oxygen atoms in total. The van der Waals surface area contributed by atoms with Crippen molar-refractivity contribution in [2.24, 2.45) is 0 Å². The largest absolute Gasteiger partial charge is 1.00 e. The Morgan fingerprint density at radius 1 is 1.33 bits per heavy atom. The van der Waals surface area contributed by atoms with Gasteiger partial charge in [0.2, 0.25) is 0 Å². The van der Waals surface area contributed by atoms with E-state index in [0.29, 0.717) is 0 Å². The maximum atomic E-state index is 5.10. The van der Waals surface area contributed by atoms with E-state index in [4.69, 9.17) is 4.74 Å². The molecule has 0 fully saturated rings. The summed E-state index contributed by atoms with van der Waals surface area (Å²) in [6.07, 6.45) is 0.782. The van der Waals surface area contributed by atoms with Gasteiger partial charge in [-0.25, -0.2) is 0 Å². The molecule has 0 aliphatic heterocycles. The monoisotopic (exact) mass is 278 g/mol. The van der Waals surface area contributed by atoms with Crippen LogP contribution >= 0.6 is 0 Å². The van der Waals surface area contributed by atoms with Crippen LogP contribution < -0.4 is 21.7 Å². The molecule has 0 saturated heterocycles. The average Bonchev–Trinajstić information content (AvgIpc) is 2.04. The number of hydrogen-bond acceptors (Lipinski definition) is 1. The van der Waals surface area contributed by atoms with Crippen LogP contribution in [-0.2, 0) is 25.9 Å². The van der Waals surface area contributed by atoms with E-state index in [1.54, 1.807) is 7.11 Å². The third-order valence-electron chi connectivity index (χ3n) is 1.46. The zero-order valence-electron chi connectivity index (χ0n) is 7.22. The van der Waals surface area contributed by atoms with E-state index in [2.05, 4.69) is 6.92 Å². The van der Waals surface area contributed by atoms with Crippen molar-refractivity contribution in [1.29, 1.82) is 0 Å². The second kappa shape index (κ2) is 7.76. The Morgan fingerprint density at radius 2 is 1.92 bits per heavy atom. The Hall–Kier alpha value is 0.123. The van der Waals surface area contributed by atoms with Crippen molar-refractivity contribution in [2.75, 3.05) is 7.11 Å². The van der Waals surface area contributed by atoms with Crippen molar-refractivity contribution in [3.05, 3.63) is 36.8 Å². The number of ether oxygens (including phenoxy) is 1. The summed E-state index contributed by atoms with van der Waals surface area (Å²) in [5.74, 6) is 0.928. The van der Waals surface area contributed by atoms with Gasteiger partial charge in [-0.2, -0.15) is 0 Å². The normalized spacial score (nSPS) is 7.83. The summed E-state index contributed by atoms with van der Waals surface area (Å²) in [5.41, 5.74) is 1.16. The van der Waals surface area contributed by atoms with Gasteiger partial charge in [-0.05, 0) is 25.0 Å². The first-order valence-corrected chi connectivity index (χ1v) is 3.29. The molecule has 1 aromatic carbocycles. The zero-order valence-corrected chi connectivity index (χ0v) is 11.8. The zero-order chi connectivity index (χ0) is 7.40. The van der Waals surface area contributed by atoms with Gasteiger partial charge >= 0.3 is 0 Å². The number of rotatable bonds is 2. The Balaban J connectivity index is 0. The van der Waals surface area contributed by atoms with Crippen LogP contribution in [0.2, 0.25) is 0 Å². The first kappa shape index (κ1) is 14.6. The van der Waals surface area contributed by atoms with Crippen LogP contribution in [0, 0.1) is 6.92 Å². The molecule has 3 heteroatoms. The van der Waals surface area contributed by atoms with Gasteiger partial charge in [0.15, 0.2) is 0 Å². The van der Waals surface area contributed by atoms with Crippen LogP contribution in [0.4, 0.5) is 0 Å². The number of methoxy groups -OCH3 is 1. The first-order valence-electron chi connectivity index (χ1n) is 3.29. The number of hydrogen-bond donors (Lipinski definition) is 0. The van der Waals surface area contributed by atoms with Crippen LogP contribution in [0.1, 0.15) is 5.56 Å². The molecule has 0 atom stereocenters. The SMILES string of the molecule is [Br-].[CH2]Cc1ccccc1OC.[Zn]. The van der Waals surface area contributed by atoms with Crippen LogP contribution in [0.25, 0.3) is 0 Å². The molecule has 0 aliphatic rings. The molecule has 1 radical (unpaired) electrons. The molecule has 12 heavy (non-hydrogen) atoms. The van der Waals surface area contributed by atoms with Crippen molar-refractivity contribution in [3.63, 3.8) is 0 Å². The van der Waals surface area contributed by atoms with Crippen LogP contribution in [0.15, 0.2) is 24.3 Å². The van der Waals surface area contributed by atoms with E-state index in [0.717, 1.165) is 17.7 Å². The van der Waals surface area contributed by atoms with Crippen molar-refractivity contribution >= 4 is 0 Å². The average molecular weight is 280 g/mol. The quantitative estimate of drug-likeness (QED) is 0.636. The van der Waals surface area contributed by atoms with Crippen LogP contribution in [0.5, 0.6) is 5.75 Å². The molecule has 1 rings (SSSR count). The van der Waals surface area contributed by atoms with Gasteiger partial charge in [-0.3, -0.25) is 0 Å². The molecule has 0 heterocycles. The molecule has 0 N–H and O–H groups in total. The summed E-state index contributed by atoms with van der Waals surface area (Å²) < 4.78 is 5.10.